The molecule has 0 aromatic heterocycles. The molecule has 1 aromatic rings. The lowest BCUT2D eigenvalue weighted by molar-refractivity contribution is 0.341. The highest BCUT2D eigenvalue weighted by molar-refractivity contribution is 7.89. The Labute approximate surface area is 115 Å². The van der Waals surface area contributed by atoms with Crippen molar-refractivity contribution in [1.82, 2.24) is 4.72 Å². The molecule has 0 aliphatic rings. The predicted molar refractivity (Wildman–Crippen MR) is 75.1 cm³/mol. The van der Waals surface area contributed by atoms with Crippen LogP contribution in [-0.4, -0.2) is 14.0 Å². The first kappa shape index (κ1) is 15.7. The van der Waals surface area contributed by atoms with Crippen LogP contribution in [0.25, 0.3) is 0 Å². The Hall–Kier alpha value is -1.38. The third-order valence-corrected chi connectivity index (χ3v) is 5.31. The van der Waals surface area contributed by atoms with Crippen molar-refractivity contribution in [3.8, 4) is 6.07 Å². The summed E-state index contributed by atoms with van der Waals surface area (Å²) in [6, 6.07) is 8.18. The molecule has 19 heavy (non-hydrogen) atoms. The Morgan fingerprint density at radius 1 is 1.16 bits per heavy atom. The van der Waals surface area contributed by atoms with Crippen LogP contribution in [0.5, 0.6) is 0 Å². The van der Waals surface area contributed by atoms with E-state index in [9.17, 15) is 8.42 Å². The zero-order chi connectivity index (χ0) is 14.5. The molecule has 0 aliphatic heterocycles. The maximum Gasteiger partial charge on any atom is 0.242 e. The molecule has 0 amide bonds. The third kappa shape index (κ3) is 3.34. The molecule has 1 N–H and O–H groups in total. The van der Waals surface area contributed by atoms with E-state index >= 15 is 0 Å². The molecule has 4 nitrogen and oxygen atoms in total. The SMILES string of the molecule is CCC(CC)(CC)NS(=O)(=O)c1ccccc1C#N. The molecule has 0 saturated carbocycles. The van der Waals surface area contributed by atoms with Crippen molar-refractivity contribution in [2.45, 2.75) is 50.5 Å². The van der Waals surface area contributed by atoms with Gasteiger partial charge in [-0.15, -0.1) is 0 Å². The molecule has 0 spiro atoms. The highest BCUT2D eigenvalue weighted by Gasteiger charge is 2.31. The van der Waals surface area contributed by atoms with Gasteiger partial charge in [0.2, 0.25) is 10.0 Å². The Morgan fingerprint density at radius 2 is 1.68 bits per heavy atom. The van der Waals surface area contributed by atoms with Gasteiger partial charge in [0.05, 0.1) is 10.5 Å². The van der Waals surface area contributed by atoms with E-state index in [0.29, 0.717) is 19.3 Å². The minimum Gasteiger partial charge on any atom is -0.207 e. The summed E-state index contributed by atoms with van der Waals surface area (Å²) in [7, 11) is -3.67. The van der Waals surface area contributed by atoms with Gasteiger partial charge in [0.25, 0.3) is 0 Å². The molecule has 0 heterocycles. The van der Waals surface area contributed by atoms with Crippen LogP contribution in [0.3, 0.4) is 0 Å². The molecular formula is C14H20N2O2S. The molecule has 0 bridgehead atoms. The van der Waals surface area contributed by atoms with Gasteiger partial charge in [0, 0.05) is 5.54 Å². The molecule has 0 atom stereocenters. The smallest absolute Gasteiger partial charge is 0.207 e. The summed E-state index contributed by atoms with van der Waals surface area (Å²) in [4.78, 5) is 0.0530. The van der Waals surface area contributed by atoms with Crippen molar-refractivity contribution in [3.05, 3.63) is 29.8 Å². The largest absolute Gasteiger partial charge is 0.242 e. The molecule has 0 aliphatic carbocycles. The van der Waals surface area contributed by atoms with Gasteiger partial charge in [-0.25, -0.2) is 13.1 Å². The van der Waals surface area contributed by atoms with Gasteiger partial charge in [-0.2, -0.15) is 5.26 Å². The number of nitrogens with one attached hydrogen (secondary N) is 1. The van der Waals surface area contributed by atoms with Crippen LogP contribution in [0.4, 0.5) is 0 Å². The summed E-state index contributed by atoms with van der Waals surface area (Å²) in [6.07, 6.45) is 2.15. The molecule has 104 valence electrons. The normalized spacial score (nSPS) is 12.1. The molecule has 0 fully saturated rings. The molecule has 1 aromatic carbocycles. The van der Waals surface area contributed by atoms with Gasteiger partial charge < -0.3 is 0 Å². The second kappa shape index (κ2) is 6.18. The number of sulfonamides is 1. The van der Waals surface area contributed by atoms with E-state index in [2.05, 4.69) is 4.72 Å². The van der Waals surface area contributed by atoms with Crippen molar-refractivity contribution in [2.75, 3.05) is 0 Å². The maximum atomic E-state index is 12.4. The summed E-state index contributed by atoms with van der Waals surface area (Å²) in [5.41, 5.74) is -0.270. The van der Waals surface area contributed by atoms with Gasteiger partial charge in [-0.3, -0.25) is 0 Å². The second-order valence-corrected chi connectivity index (χ2v) is 6.21. The molecular weight excluding hydrogens is 260 g/mol. The lowest BCUT2D eigenvalue weighted by Crippen LogP contribution is -2.47. The highest BCUT2D eigenvalue weighted by Crippen LogP contribution is 2.24. The Kier molecular flexibility index (Phi) is 5.10. The topological polar surface area (TPSA) is 70.0 Å². The molecule has 0 saturated heterocycles. The van der Waals surface area contributed by atoms with Gasteiger partial charge in [0.15, 0.2) is 0 Å². The van der Waals surface area contributed by atoms with Crippen molar-refractivity contribution >= 4 is 10.0 Å². The van der Waals surface area contributed by atoms with Crippen LogP contribution in [0.15, 0.2) is 29.2 Å². The van der Waals surface area contributed by atoms with Gasteiger partial charge >= 0.3 is 0 Å². The standard InChI is InChI=1S/C14H20N2O2S/c1-4-14(5-2,6-3)16-19(17,18)13-10-8-7-9-12(13)11-15/h7-10,16H,4-6H2,1-3H3. The van der Waals surface area contributed by atoms with Crippen LogP contribution >= 0.6 is 0 Å². The summed E-state index contributed by atoms with van der Waals surface area (Å²) < 4.78 is 27.7. The lowest BCUT2D eigenvalue weighted by atomic mass is 9.91. The second-order valence-electron chi connectivity index (χ2n) is 4.55. The van der Waals surface area contributed by atoms with Crippen LogP contribution in [0.2, 0.25) is 0 Å². The average Bonchev–Trinajstić information content (AvgIpc) is 2.45. The number of hydrogen-bond donors (Lipinski definition) is 1. The van der Waals surface area contributed by atoms with E-state index in [1.54, 1.807) is 12.1 Å². The number of nitriles is 1. The summed E-state index contributed by atoms with van der Waals surface area (Å²) in [6.45, 7) is 5.89. The molecule has 1 rings (SSSR count). The first-order chi connectivity index (χ1) is 8.94. The first-order valence-electron chi connectivity index (χ1n) is 6.47. The molecule has 5 heteroatoms. The summed E-state index contributed by atoms with van der Waals surface area (Å²) >= 11 is 0. The lowest BCUT2D eigenvalue weighted by Gasteiger charge is -2.31. The van der Waals surface area contributed by atoms with E-state index in [1.807, 2.05) is 26.8 Å². The first-order valence-corrected chi connectivity index (χ1v) is 7.96. The van der Waals surface area contributed by atoms with Crippen LogP contribution in [0, 0.1) is 11.3 Å². The van der Waals surface area contributed by atoms with Crippen LogP contribution in [0.1, 0.15) is 45.6 Å². The van der Waals surface area contributed by atoms with E-state index in [4.69, 9.17) is 5.26 Å². The van der Waals surface area contributed by atoms with E-state index in [-0.39, 0.29) is 10.5 Å². The predicted octanol–water partition coefficient (Wildman–Crippen LogP) is 2.81. The Bertz CT molecular complexity index is 561. The van der Waals surface area contributed by atoms with Crippen molar-refractivity contribution in [3.63, 3.8) is 0 Å². The van der Waals surface area contributed by atoms with E-state index < -0.39 is 15.6 Å². The Morgan fingerprint density at radius 3 is 2.16 bits per heavy atom. The van der Waals surface area contributed by atoms with E-state index in [0.717, 1.165) is 0 Å². The summed E-state index contributed by atoms with van der Waals surface area (Å²) in [5.74, 6) is 0. The quantitative estimate of drug-likeness (QED) is 0.871. The minimum absolute atomic E-state index is 0.0530. The highest BCUT2D eigenvalue weighted by atomic mass is 32.2. The fraction of sp³-hybridized carbons (Fsp3) is 0.500. The molecule has 0 radical (unpaired) electrons. The average molecular weight is 280 g/mol. The fourth-order valence-corrected chi connectivity index (χ4v) is 3.87. The summed E-state index contributed by atoms with van der Waals surface area (Å²) in [5, 5.41) is 9.01. The van der Waals surface area contributed by atoms with Crippen LogP contribution in [-0.2, 0) is 10.0 Å². The number of hydrogen-bond acceptors (Lipinski definition) is 3. The Balaban J connectivity index is 3.22. The number of nitrogens with zero attached hydrogens (tertiary/aromatic N) is 1. The van der Waals surface area contributed by atoms with Gasteiger partial charge in [-0.1, -0.05) is 32.9 Å². The zero-order valence-electron chi connectivity index (χ0n) is 11.6. The van der Waals surface area contributed by atoms with Crippen LogP contribution < -0.4 is 4.72 Å². The van der Waals surface area contributed by atoms with Crippen molar-refractivity contribution < 1.29 is 8.42 Å². The van der Waals surface area contributed by atoms with E-state index in [1.165, 1.54) is 12.1 Å². The zero-order valence-corrected chi connectivity index (χ0v) is 12.4. The van der Waals surface area contributed by atoms with Crippen molar-refractivity contribution in [1.29, 1.82) is 5.26 Å². The number of rotatable bonds is 6. The monoisotopic (exact) mass is 280 g/mol. The molecule has 0 unspecified atom stereocenters. The minimum atomic E-state index is -3.67. The van der Waals surface area contributed by atoms with Gasteiger partial charge in [-0.05, 0) is 31.4 Å². The fourth-order valence-electron chi connectivity index (χ4n) is 2.10. The van der Waals surface area contributed by atoms with Crippen molar-refractivity contribution in [2.24, 2.45) is 0 Å². The van der Waals surface area contributed by atoms with Gasteiger partial charge in [0.1, 0.15) is 6.07 Å². The number of benzene rings is 1. The third-order valence-electron chi connectivity index (χ3n) is 3.68. The maximum absolute atomic E-state index is 12.4.